The summed E-state index contributed by atoms with van der Waals surface area (Å²) < 4.78 is 0. The van der Waals surface area contributed by atoms with Crippen LogP contribution in [0.5, 0.6) is 0 Å². The maximum absolute atomic E-state index is 5.77. The van der Waals surface area contributed by atoms with E-state index in [-0.39, 0.29) is 6.04 Å². The van der Waals surface area contributed by atoms with E-state index in [1.807, 2.05) is 12.3 Å². The molecule has 1 unspecified atom stereocenters. The van der Waals surface area contributed by atoms with Crippen molar-refractivity contribution in [1.82, 2.24) is 10.4 Å². The van der Waals surface area contributed by atoms with Gasteiger partial charge in [-0.1, -0.05) is 25.1 Å². The minimum absolute atomic E-state index is 0.0201. The van der Waals surface area contributed by atoms with Crippen LogP contribution in [0.2, 0.25) is 0 Å². The fraction of sp³-hybridized carbons (Fsp3) is 0.188. The second-order valence-electron chi connectivity index (χ2n) is 4.71. The highest BCUT2D eigenvalue weighted by Crippen LogP contribution is 2.29. The van der Waals surface area contributed by atoms with Crippen LogP contribution in [0.4, 0.5) is 0 Å². The smallest absolute Gasteiger partial charge is 0.0803 e. The van der Waals surface area contributed by atoms with E-state index < -0.39 is 0 Å². The summed E-state index contributed by atoms with van der Waals surface area (Å²) in [6.45, 7) is 2.17. The number of aryl methyl sites for hydroxylation is 1. The summed E-state index contributed by atoms with van der Waals surface area (Å²) in [7, 11) is 0. The first-order chi connectivity index (χ1) is 9.81. The molecule has 1 atom stereocenters. The summed E-state index contributed by atoms with van der Waals surface area (Å²) in [5.74, 6) is 5.77. The van der Waals surface area contributed by atoms with E-state index in [1.165, 1.54) is 9.75 Å². The van der Waals surface area contributed by atoms with E-state index >= 15 is 0 Å². The molecule has 3 N–H and O–H groups in total. The van der Waals surface area contributed by atoms with Crippen LogP contribution in [0.1, 0.15) is 28.3 Å². The summed E-state index contributed by atoms with van der Waals surface area (Å²) >= 11 is 1.80. The van der Waals surface area contributed by atoms with Gasteiger partial charge in [-0.2, -0.15) is 0 Å². The molecule has 3 rings (SSSR count). The molecule has 20 heavy (non-hydrogen) atoms. The fourth-order valence-corrected chi connectivity index (χ4v) is 3.39. The number of hydrogen-bond donors (Lipinski definition) is 2. The van der Waals surface area contributed by atoms with Gasteiger partial charge in [-0.3, -0.25) is 10.8 Å². The first-order valence-corrected chi connectivity index (χ1v) is 7.53. The van der Waals surface area contributed by atoms with Crippen LogP contribution in [0.15, 0.2) is 48.7 Å². The van der Waals surface area contributed by atoms with Gasteiger partial charge >= 0.3 is 0 Å². The van der Waals surface area contributed by atoms with E-state index in [4.69, 9.17) is 5.84 Å². The van der Waals surface area contributed by atoms with E-state index in [1.54, 1.807) is 11.3 Å². The van der Waals surface area contributed by atoms with Crippen LogP contribution in [-0.4, -0.2) is 4.98 Å². The summed E-state index contributed by atoms with van der Waals surface area (Å²) in [5, 5.41) is 1.15. The highest BCUT2D eigenvalue weighted by Gasteiger charge is 2.15. The fourth-order valence-electron chi connectivity index (χ4n) is 2.35. The average Bonchev–Trinajstić information content (AvgIpc) is 2.97. The van der Waals surface area contributed by atoms with Gasteiger partial charge in [-0.05, 0) is 36.2 Å². The van der Waals surface area contributed by atoms with Crippen LogP contribution in [0.25, 0.3) is 10.9 Å². The number of nitrogens with one attached hydrogen (secondary N) is 1. The van der Waals surface area contributed by atoms with Crippen molar-refractivity contribution in [2.24, 2.45) is 5.84 Å². The highest BCUT2D eigenvalue weighted by atomic mass is 32.1. The molecule has 2 aromatic heterocycles. The topological polar surface area (TPSA) is 50.9 Å². The molecule has 0 spiro atoms. The molecule has 2 heterocycles. The molecule has 102 valence electrons. The zero-order valence-electron chi connectivity index (χ0n) is 11.3. The number of aromatic nitrogens is 1. The maximum atomic E-state index is 5.77. The lowest BCUT2D eigenvalue weighted by Crippen LogP contribution is -2.28. The van der Waals surface area contributed by atoms with E-state index in [9.17, 15) is 0 Å². The molecule has 3 aromatic rings. The Hall–Kier alpha value is -1.75. The minimum Gasteiger partial charge on any atom is -0.271 e. The summed E-state index contributed by atoms with van der Waals surface area (Å²) in [6, 6.07) is 14.7. The van der Waals surface area contributed by atoms with Gasteiger partial charge in [-0.15, -0.1) is 11.3 Å². The molecule has 0 aliphatic rings. The average molecular weight is 283 g/mol. The van der Waals surface area contributed by atoms with Gasteiger partial charge < -0.3 is 0 Å². The molecule has 0 radical (unpaired) electrons. The molecule has 0 aliphatic carbocycles. The predicted molar refractivity (Wildman–Crippen MR) is 84.6 cm³/mol. The number of pyridine rings is 1. The first-order valence-electron chi connectivity index (χ1n) is 6.71. The van der Waals surface area contributed by atoms with Crippen molar-refractivity contribution in [3.8, 4) is 0 Å². The van der Waals surface area contributed by atoms with Crippen molar-refractivity contribution < 1.29 is 0 Å². The number of rotatable bonds is 4. The second kappa shape index (κ2) is 5.71. The Morgan fingerprint density at radius 1 is 1.25 bits per heavy atom. The predicted octanol–water partition coefficient (Wildman–Crippen LogP) is 3.41. The number of nitrogens with zero attached hydrogens (tertiary/aromatic N) is 1. The molecule has 0 saturated heterocycles. The van der Waals surface area contributed by atoms with Crippen LogP contribution < -0.4 is 11.3 Å². The Balaban J connectivity index is 2.02. The van der Waals surface area contributed by atoms with Crippen molar-refractivity contribution in [3.05, 3.63) is 64.0 Å². The minimum atomic E-state index is 0.0201. The maximum Gasteiger partial charge on any atom is 0.0803 e. The number of hydrazine groups is 1. The summed E-state index contributed by atoms with van der Waals surface area (Å²) in [6.07, 6.45) is 2.87. The molecular weight excluding hydrogens is 266 g/mol. The third-order valence-corrected chi connectivity index (χ3v) is 4.74. The first kappa shape index (κ1) is 13.2. The monoisotopic (exact) mass is 283 g/mol. The van der Waals surface area contributed by atoms with Crippen molar-refractivity contribution in [3.63, 3.8) is 0 Å². The normalized spacial score (nSPS) is 12.7. The van der Waals surface area contributed by atoms with Crippen molar-refractivity contribution >= 4 is 22.2 Å². The van der Waals surface area contributed by atoms with Crippen molar-refractivity contribution in [1.29, 1.82) is 0 Å². The zero-order chi connectivity index (χ0) is 13.9. The van der Waals surface area contributed by atoms with E-state index in [0.717, 1.165) is 22.9 Å². The van der Waals surface area contributed by atoms with Crippen LogP contribution in [0, 0.1) is 0 Å². The Morgan fingerprint density at radius 3 is 2.90 bits per heavy atom. The number of hydrogen-bond acceptors (Lipinski definition) is 4. The summed E-state index contributed by atoms with van der Waals surface area (Å²) in [4.78, 5) is 7.02. The molecule has 0 bridgehead atoms. The third kappa shape index (κ3) is 2.45. The van der Waals surface area contributed by atoms with Gasteiger partial charge in [0.15, 0.2) is 0 Å². The SMILES string of the molecule is CCc1ccc(C(NN)c2ccc3cccnc3c2)s1. The zero-order valence-corrected chi connectivity index (χ0v) is 12.2. The quantitative estimate of drug-likeness (QED) is 0.570. The van der Waals surface area contributed by atoms with Crippen LogP contribution in [0.3, 0.4) is 0 Å². The van der Waals surface area contributed by atoms with Gasteiger partial charge in [0.05, 0.1) is 11.6 Å². The number of fused-ring (bicyclic) bond motifs is 1. The largest absolute Gasteiger partial charge is 0.271 e. The van der Waals surface area contributed by atoms with E-state index in [0.29, 0.717) is 0 Å². The van der Waals surface area contributed by atoms with Crippen molar-refractivity contribution in [2.45, 2.75) is 19.4 Å². The molecular formula is C16H17N3S. The molecule has 3 nitrogen and oxygen atoms in total. The Bertz CT molecular complexity index is 720. The lowest BCUT2D eigenvalue weighted by atomic mass is 10.0. The van der Waals surface area contributed by atoms with Crippen LogP contribution in [-0.2, 0) is 6.42 Å². The third-order valence-electron chi connectivity index (χ3n) is 3.45. The molecule has 0 saturated carbocycles. The van der Waals surface area contributed by atoms with Gasteiger partial charge in [0.1, 0.15) is 0 Å². The van der Waals surface area contributed by atoms with Gasteiger partial charge in [0.2, 0.25) is 0 Å². The van der Waals surface area contributed by atoms with Gasteiger partial charge in [0, 0.05) is 21.3 Å². The Kier molecular flexibility index (Phi) is 3.78. The molecule has 0 amide bonds. The number of thiophene rings is 1. The van der Waals surface area contributed by atoms with E-state index in [2.05, 4.69) is 53.7 Å². The Labute approximate surface area is 122 Å². The Morgan fingerprint density at radius 2 is 2.15 bits per heavy atom. The van der Waals surface area contributed by atoms with Crippen LogP contribution >= 0.6 is 11.3 Å². The lowest BCUT2D eigenvalue weighted by molar-refractivity contribution is 0.647. The molecule has 4 heteroatoms. The second-order valence-corrected chi connectivity index (χ2v) is 5.91. The molecule has 0 aliphatic heterocycles. The molecule has 1 aromatic carbocycles. The highest BCUT2D eigenvalue weighted by molar-refractivity contribution is 7.12. The lowest BCUT2D eigenvalue weighted by Gasteiger charge is -2.15. The number of nitrogens with two attached hydrogens (primary N) is 1. The van der Waals surface area contributed by atoms with Gasteiger partial charge in [-0.25, -0.2) is 5.43 Å². The standard InChI is InChI=1S/C16H17N3S/c1-2-13-7-8-15(20-13)16(19-17)12-6-5-11-4-3-9-18-14(11)10-12/h3-10,16,19H,2,17H2,1H3. The van der Waals surface area contributed by atoms with Gasteiger partial charge in [0.25, 0.3) is 0 Å². The molecule has 0 fully saturated rings. The van der Waals surface area contributed by atoms with Crippen molar-refractivity contribution in [2.75, 3.05) is 0 Å². The summed E-state index contributed by atoms with van der Waals surface area (Å²) in [5.41, 5.74) is 5.06. The number of benzene rings is 1.